The van der Waals surface area contributed by atoms with Crippen LogP contribution in [0.1, 0.15) is 6.92 Å². The number of nitrogens with zero attached hydrogens (tertiary/aromatic N) is 1. The highest BCUT2D eigenvalue weighted by Crippen LogP contribution is 2.40. The van der Waals surface area contributed by atoms with Crippen molar-refractivity contribution in [2.24, 2.45) is 5.92 Å². The summed E-state index contributed by atoms with van der Waals surface area (Å²) in [6, 6.07) is 14.4. The van der Waals surface area contributed by atoms with E-state index in [0.717, 1.165) is 33.5 Å². The Labute approximate surface area is 163 Å². The molecule has 0 fully saturated rings. The maximum Gasteiger partial charge on any atom is 0.128 e. The van der Waals surface area contributed by atoms with Gasteiger partial charge in [-0.15, -0.1) is 0 Å². The first-order chi connectivity index (χ1) is 11.6. The third-order valence-electron chi connectivity index (χ3n) is 4.13. The number of aromatic nitrogens is 1. The Hall–Kier alpha value is -1.05. The van der Waals surface area contributed by atoms with E-state index in [1.54, 1.807) is 7.11 Å². The normalized spacial score (nSPS) is 12.5. The van der Waals surface area contributed by atoms with Crippen LogP contribution in [0.25, 0.3) is 22.2 Å². The Kier molecular flexibility index (Phi) is 5.52. The first kappa shape index (κ1) is 17.8. The number of hydrogen-bond donors (Lipinski definition) is 1. The Morgan fingerprint density at radius 2 is 2.00 bits per heavy atom. The molecule has 1 atom stereocenters. The van der Waals surface area contributed by atoms with E-state index in [1.807, 2.05) is 18.2 Å². The van der Waals surface area contributed by atoms with Crippen molar-refractivity contribution >= 4 is 49.4 Å². The van der Waals surface area contributed by atoms with E-state index in [1.165, 1.54) is 8.96 Å². The molecule has 0 spiro atoms. The van der Waals surface area contributed by atoms with Crippen molar-refractivity contribution in [1.82, 2.24) is 4.57 Å². The van der Waals surface area contributed by atoms with Crippen LogP contribution in [0.15, 0.2) is 46.9 Å². The van der Waals surface area contributed by atoms with Crippen molar-refractivity contribution < 1.29 is 9.84 Å². The summed E-state index contributed by atoms with van der Waals surface area (Å²) in [5.74, 6) is 1.03. The summed E-state index contributed by atoms with van der Waals surface area (Å²) in [5, 5.41) is 10.8. The standard InChI is InChI=1S/C19H19BrINO2/c1-12(11-23)10-22-16-9-13(20)7-8-14(16)18(21)19(22)15-5-3-4-6-17(15)24-2/h3-9,12,23H,10-11H2,1-2H3/t12-/m0/s1. The SMILES string of the molecule is COc1ccccc1-c1c(I)c2ccc(Br)cc2n1C[C@H](C)CO. The molecule has 0 radical (unpaired) electrons. The van der Waals surface area contributed by atoms with Crippen LogP contribution in [0.4, 0.5) is 0 Å². The van der Waals surface area contributed by atoms with Crippen LogP contribution in [0.2, 0.25) is 0 Å². The second-order valence-corrected chi connectivity index (χ2v) is 7.92. The highest BCUT2D eigenvalue weighted by Gasteiger charge is 2.20. The van der Waals surface area contributed by atoms with Gasteiger partial charge in [0.1, 0.15) is 5.75 Å². The van der Waals surface area contributed by atoms with Gasteiger partial charge in [0, 0.05) is 32.1 Å². The fourth-order valence-corrected chi connectivity index (χ4v) is 4.33. The molecule has 3 nitrogen and oxygen atoms in total. The molecule has 0 bridgehead atoms. The Bertz CT molecular complexity index is 875. The maximum absolute atomic E-state index is 9.54. The predicted molar refractivity (Wildman–Crippen MR) is 111 cm³/mol. The van der Waals surface area contributed by atoms with E-state index in [-0.39, 0.29) is 12.5 Å². The fraction of sp³-hybridized carbons (Fsp3) is 0.263. The monoisotopic (exact) mass is 499 g/mol. The van der Waals surface area contributed by atoms with E-state index in [4.69, 9.17) is 4.74 Å². The van der Waals surface area contributed by atoms with Gasteiger partial charge >= 0.3 is 0 Å². The number of para-hydroxylation sites is 1. The van der Waals surface area contributed by atoms with E-state index in [0.29, 0.717) is 0 Å². The van der Waals surface area contributed by atoms with Crippen LogP contribution in [0, 0.1) is 9.49 Å². The second kappa shape index (κ2) is 7.45. The zero-order valence-electron chi connectivity index (χ0n) is 13.6. The summed E-state index contributed by atoms with van der Waals surface area (Å²) >= 11 is 5.99. The minimum Gasteiger partial charge on any atom is -0.496 e. The summed E-state index contributed by atoms with van der Waals surface area (Å²) in [4.78, 5) is 0. The molecule has 0 aliphatic rings. The molecule has 0 unspecified atom stereocenters. The number of aliphatic hydroxyl groups excluding tert-OH is 1. The first-order valence-electron chi connectivity index (χ1n) is 7.78. The van der Waals surface area contributed by atoms with Gasteiger partial charge in [0.05, 0.1) is 18.3 Å². The molecule has 3 aromatic rings. The minimum absolute atomic E-state index is 0.162. The smallest absolute Gasteiger partial charge is 0.128 e. The average Bonchev–Trinajstić information content (AvgIpc) is 2.86. The fourth-order valence-electron chi connectivity index (χ4n) is 2.94. The maximum atomic E-state index is 9.54. The zero-order chi connectivity index (χ0) is 17.3. The van der Waals surface area contributed by atoms with Crippen molar-refractivity contribution in [2.45, 2.75) is 13.5 Å². The summed E-state index contributed by atoms with van der Waals surface area (Å²) in [5.41, 5.74) is 3.37. The molecule has 5 heteroatoms. The van der Waals surface area contributed by atoms with Crippen LogP contribution in [-0.4, -0.2) is 23.4 Å². The third-order valence-corrected chi connectivity index (χ3v) is 5.72. The quantitative estimate of drug-likeness (QED) is 0.482. The topological polar surface area (TPSA) is 34.4 Å². The minimum atomic E-state index is 0.162. The molecule has 1 aromatic heterocycles. The van der Waals surface area contributed by atoms with E-state index in [2.05, 4.69) is 74.3 Å². The molecule has 0 aliphatic carbocycles. The lowest BCUT2D eigenvalue weighted by atomic mass is 10.1. The lowest BCUT2D eigenvalue weighted by Crippen LogP contribution is -2.12. The van der Waals surface area contributed by atoms with Crippen LogP contribution in [-0.2, 0) is 6.54 Å². The second-order valence-electron chi connectivity index (χ2n) is 5.92. The average molecular weight is 500 g/mol. The first-order valence-corrected chi connectivity index (χ1v) is 9.65. The van der Waals surface area contributed by atoms with Crippen LogP contribution >= 0.6 is 38.5 Å². The number of benzene rings is 2. The van der Waals surface area contributed by atoms with Crippen LogP contribution < -0.4 is 4.74 Å². The Balaban J connectivity index is 2.33. The highest BCUT2D eigenvalue weighted by molar-refractivity contribution is 14.1. The largest absolute Gasteiger partial charge is 0.496 e. The molecular weight excluding hydrogens is 481 g/mol. The predicted octanol–water partition coefficient (Wildman–Crippen LogP) is 5.31. The number of fused-ring (bicyclic) bond motifs is 1. The van der Waals surface area contributed by atoms with Crippen molar-refractivity contribution in [3.05, 3.63) is 50.5 Å². The third kappa shape index (κ3) is 3.21. The van der Waals surface area contributed by atoms with Gasteiger partial charge in [0.25, 0.3) is 0 Å². The molecule has 126 valence electrons. The van der Waals surface area contributed by atoms with Gasteiger partial charge in [-0.05, 0) is 52.8 Å². The number of hydrogen-bond acceptors (Lipinski definition) is 2. The van der Waals surface area contributed by atoms with Gasteiger partial charge in [-0.3, -0.25) is 0 Å². The molecule has 0 aliphatic heterocycles. The van der Waals surface area contributed by atoms with Gasteiger partial charge < -0.3 is 14.4 Å². The molecule has 24 heavy (non-hydrogen) atoms. The van der Waals surface area contributed by atoms with Gasteiger partial charge in [-0.1, -0.05) is 41.1 Å². The summed E-state index contributed by atoms with van der Waals surface area (Å²) in [6.07, 6.45) is 0. The van der Waals surface area contributed by atoms with Crippen molar-refractivity contribution in [1.29, 1.82) is 0 Å². The number of ether oxygens (including phenoxy) is 1. The van der Waals surface area contributed by atoms with E-state index >= 15 is 0 Å². The van der Waals surface area contributed by atoms with Gasteiger partial charge in [-0.25, -0.2) is 0 Å². The highest BCUT2D eigenvalue weighted by atomic mass is 127. The lowest BCUT2D eigenvalue weighted by molar-refractivity contribution is 0.224. The van der Waals surface area contributed by atoms with Gasteiger partial charge in [0.2, 0.25) is 0 Å². The number of aliphatic hydroxyl groups is 1. The molecule has 1 heterocycles. The van der Waals surface area contributed by atoms with Crippen molar-refractivity contribution in [2.75, 3.05) is 13.7 Å². The molecule has 0 saturated heterocycles. The van der Waals surface area contributed by atoms with Crippen LogP contribution in [0.3, 0.4) is 0 Å². The Morgan fingerprint density at radius 1 is 1.25 bits per heavy atom. The number of halogens is 2. The summed E-state index contributed by atoms with van der Waals surface area (Å²) in [7, 11) is 1.70. The molecule has 0 saturated carbocycles. The molecule has 1 N–H and O–H groups in total. The van der Waals surface area contributed by atoms with Gasteiger partial charge in [0.15, 0.2) is 0 Å². The van der Waals surface area contributed by atoms with Crippen molar-refractivity contribution in [3.63, 3.8) is 0 Å². The molecule has 3 rings (SSSR count). The number of methoxy groups -OCH3 is 1. The molecular formula is C19H19BrINO2. The zero-order valence-corrected chi connectivity index (χ0v) is 17.3. The van der Waals surface area contributed by atoms with Gasteiger partial charge in [-0.2, -0.15) is 0 Å². The molecule has 0 amide bonds. The van der Waals surface area contributed by atoms with Crippen molar-refractivity contribution in [3.8, 4) is 17.0 Å². The Morgan fingerprint density at radius 3 is 2.71 bits per heavy atom. The summed E-state index contributed by atoms with van der Waals surface area (Å²) in [6.45, 7) is 2.97. The summed E-state index contributed by atoms with van der Waals surface area (Å²) < 4.78 is 10.1. The number of rotatable bonds is 5. The lowest BCUT2D eigenvalue weighted by Gasteiger charge is -2.17. The van der Waals surface area contributed by atoms with E-state index in [9.17, 15) is 5.11 Å². The van der Waals surface area contributed by atoms with E-state index < -0.39 is 0 Å². The van der Waals surface area contributed by atoms with Crippen LogP contribution in [0.5, 0.6) is 5.75 Å². The molecule has 2 aromatic carbocycles.